The summed E-state index contributed by atoms with van der Waals surface area (Å²) in [5, 5.41) is 0. The average molecular weight is 430 g/mol. The Morgan fingerprint density at radius 2 is 0.833 bits per heavy atom. The topological polar surface area (TPSA) is 0 Å². The Morgan fingerprint density at radius 1 is 0.833 bits per heavy atom. The Bertz CT molecular complexity index is 13.5. The van der Waals surface area contributed by atoms with Crippen LogP contribution in [0, 0.1) is 0 Å². The van der Waals surface area contributed by atoms with E-state index in [1.54, 1.807) is 0 Å². The van der Waals surface area contributed by atoms with E-state index < -0.39 is 0 Å². The fraction of sp³-hybridized carbons (Fsp3) is 0. The van der Waals surface area contributed by atoms with Gasteiger partial charge in [0.2, 0.25) is 0 Å². The van der Waals surface area contributed by atoms with Gasteiger partial charge in [-0.2, -0.15) is 27.0 Å². The van der Waals surface area contributed by atoms with E-state index in [1.165, 1.54) is 0 Å². The van der Waals surface area contributed by atoms with Crippen LogP contribution < -0.4 is 0 Å². The van der Waals surface area contributed by atoms with Gasteiger partial charge in [0, 0.05) is 39.4 Å². The van der Waals surface area contributed by atoms with Gasteiger partial charge in [-0.05, 0) is 0 Å². The van der Waals surface area contributed by atoms with Crippen molar-refractivity contribution >= 4 is 72.6 Å². The molecule has 0 aromatic carbocycles. The van der Waals surface area contributed by atoms with Gasteiger partial charge in [0.1, 0.15) is 0 Å². The molecule has 2 radical (unpaired) electrons. The molecule has 6 heavy (non-hydrogen) atoms. The normalized spacial score (nSPS) is 0. The second-order valence-corrected chi connectivity index (χ2v) is 0. The number of rotatable bonds is 0. The zero-order valence-corrected chi connectivity index (χ0v) is 6.03. The number of hydrogen-bond acceptors (Lipinski definition) is 0. The van der Waals surface area contributed by atoms with Gasteiger partial charge < -0.3 is 0 Å². The summed E-state index contributed by atoms with van der Waals surface area (Å²) in [7, 11) is 0. The van der Waals surface area contributed by atoms with Gasteiger partial charge in [0.15, 0.2) is 0 Å². The zero-order valence-electron chi connectivity index (χ0n) is 1.60. The first-order chi connectivity index (χ1) is 0. The Balaban J connectivity index is 0. The van der Waals surface area contributed by atoms with Crippen molar-refractivity contribution in [1.29, 1.82) is 0 Å². The maximum atomic E-state index is 0. The van der Waals surface area contributed by atoms with Crippen LogP contribution in [0.3, 0.4) is 0 Å². The van der Waals surface area contributed by atoms with Crippen LogP contribution in [0.5, 0.6) is 0 Å². The van der Waals surface area contributed by atoms with Crippen LogP contribution in [-0.4, -0.2) is 45.6 Å². The summed E-state index contributed by atoms with van der Waals surface area (Å²) in [6.07, 6.45) is 0. The summed E-state index contributed by atoms with van der Waals surface area (Å²) in [6.45, 7) is 0. The van der Waals surface area contributed by atoms with E-state index in [0.717, 1.165) is 0 Å². The van der Waals surface area contributed by atoms with Crippen LogP contribution in [-0.2, 0) is 39.4 Å². The second-order valence-electron chi connectivity index (χ2n) is 0. The third kappa shape index (κ3) is 26.0. The average Bonchev–Trinajstić information content (AvgIpc) is 0. The van der Waals surface area contributed by atoms with Gasteiger partial charge in [0.05, 0.1) is 0 Å². The Morgan fingerprint density at radius 3 is 0.833 bits per heavy atom. The molecule has 0 aliphatic heterocycles. The maximum absolute atomic E-state index is 0. The van der Waals surface area contributed by atoms with Crippen molar-refractivity contribution < 1.29 is 39.4 Å². The summed E-state index contributed by atoms with van der Waals surface area (Å²) in [5.41, 5.74) is 0. The van der Waals surface area contributed by atoms with E-state index in [-0.39, 0.29) is 112 Å². The van der Waals surface area contributed by atoms with Crippen molar-refractivity contribution in [2.75, 3.05) is 0 Å². The van der Waals surface area contributed by atoms with E-state index in [4.69, 9.17) is 0 Å². The first kappa shape index (κ1) is 56.5. The van der Waals surface area contributed by atoms with Crippen LogP contribution in [0.25, 0.3) is 0 Å². The van der Waals surface area contributed by atoms with Crippen molar-refractivity contribution in [3.05, 3.63) is 0 Å². The monoisotopic (exact) mass is 428 g/mol. The van der Waals surface area contributed by atoms with E-state index in [2.05, 4.69) is 0 Å². The molecule has 50 valence electrons. The minimum absolute atomic E-state index is 0. The standard InChI is InChI=1S/Ag.Cu.Ga.In.2H2S.6H/h;;;;2*1H2;;;;;;. The molecule has 0 spiro atoms. The predicted molar refractivity (Wildman–Crippen MR) is 40.6 cm³/mol. The second kappa shape index (κ2) is 39.3. The molecular weight excluding hydrogens is 420 g/mol. The summed E-state index contributed by atoms with van der Waals surface area (Å²) in [5.74, 6) is 0. The van der Waals surface area contributed by atoms with Crippen molar-refractivity contribution in [3.8, 4) is 0 Å². The minimum atomic E-state index is 0. The van der Waals surface area contributed by atoms with Crippen LogP contribution in [0.4, 0.5) is 0 Å². The van der Waals surface area contributed by atoms with E-state index >= 15 is 0 Å². The van der Waals surface area contributed by atoms with E-state index in [1.807, 2.05) is 0 Å². The van der Waals surface area contributed by atoms with Crippen molar-refractivity contribution in [2.24, 2.45) is 0 Å². The summed E-state index contributed by atoms with van der Waals surface area (Å²) < 4.78 is 0. The molecule has 0 heterocycles. The third-order valence-electron chi connectivity index (χ3n) is 0. The fourth-order valence-electron chi connectivity index (χ4n) is 0. The Kier molecular flexibility index (Phi) is 370. The van der Waals surface area contributed by atoms with Crippen LogP contribution >= 0.6 is 27.0 Å². The zero-order chi connectivity index (χ0) is 0. The van der Waals surface area contributed by atoms with Crippen LogP contribution in [0.15, 0.2) is 0 Å². The summed E-state index contributed by atoms with van der Waals surface area (Å²) in [4.78, 5) is 0. The molecule has 0 N–H and O–H groups in total. The van der Waals surface area contributed by atoms with Gasteiger partial charge in [-0.3, -0.25) is 0 Å². The molecule has 0 saturated carbocycles. The van der Waals surface area contributed by atoms with Gasteiger partial charge in [0.25, 0.3) is 0 Å². The van der Waals surface area contributed by atoms with Crippen LogP contribution in [0.1, 0.15) is 0 Å². The molecule has 0 aromatic rings. The predicted octanol–water partition coefficient (Wildman–Crippen LogP) is -2.15. The molecule has 0 unspecified atom stereocenters. The quantitative estimate of drug-likeness (QED) is 0.385. The third-order valence-corrected chi connectivity index (χ3v) is 0. The van der Waals surface area contributed by atoms with Crippen molar-refractivity contribution in [2.45, 2.75) is 0 Å². The molecule has 0 fully saturated rings. The molecule has 0 rings (SSSR count). The Hall–Kier alpha value is 3.47. The van der Waals surface area contributed by atoms with E-state index in [0.29, 0.717) is 0 Å². The number of hydrogen-bond donors (Lipinski definition) is 0. The molecule has 0 amide bonds. The van der Waals surface area contributed by atoms with Gasteiger partial charge in [-0.25, -0.2) is 0 Å². The molecule has 0 saturated heterocycles. The molecule has 0 atom stereocenters. The first-order valence-corrected chi connectivity index (χ1v) is 0. The van der Waals surface area contributed by atoms with Crippen LogP contribution in [0.2, 0.25) is 0 Å². The van der Waals surface area contributed by atoms with Gasteiger partial charge in [-0.15, -0.1) is 0 Å². The van der Waals surface area contributed by atoms with Crippen molar-refractivity contribution in [3.63, 3.8) is 0 Å². The SMILES string of the molecule is S.S.[Ag].[Cu].[GaH3].[InH3]. The van der Waals surface area contributed by atoms with Gasteiger partial charge >= 0.3 is 45.6 Å². The summed E-state index contributed by atoms with van der Waals surface area (Å²) in [6, 6.07) is 0. The first-order valence-electron chi connectivity index (χ1n) is 0. The van der Waals surface area contributed by atoms with Gasteiger partial charge in [-0.1, -0.05) is 0 Å². The fourth-order valence-corrected chi connectivity index (χ4v) is 0. The molecule has 0 nitrogen and oxygen atoms in total. The molecule has 0 aliphatic rings. The Labute approximate surface area is 110 Å². The molecule has 0 aliphatic carbocycles. The molecule has 6 heteroatoms. The molecule has 0 bridgehead atoms. The molecular formula is H10AgCuGaInS2. The molecule has 0 aromatic heterocycles. The van der Waals surface area contributed by atoms with E-state index in [9.17, 15) is 0 Å². The van der Waals surface area contributed by atoms with Crippen molar-refractivity contribution in [1.82, 2.24) is 0 Å². The summed E-state index contributed by atoms with van der Waals surface area (Å²) >= 11 is 0.